The number of ether oxygens (including phenoxy) is 1. The second-order valence-corrected chi connectivity index (χ2v) is 5.00. The minimum Gasteiger partial charge on any atom is -0.462 e. The van der Waals surface area contributed by atoms with Crippen LogP contribution in [0.4, 0.5) is 5.69 Å². The molecule has 2 aromatic heterocycles. The first-order valence-corrected chi connectivity index (χ1v) is 7.12. The van der Waals surface area contributed by atoms with Gasteiger partial charge in [-0.25, -0.2) is 4.79 Å². The highest BCUT2D eigenvalue weighted by atomic mass is 16.6. The quantitative estimate of drug-likeness (QED) is 0.418. The van der Waals surface area contributed by atoms with E-state index in [2.05, 4.69) is 0 Å². The molecule has 23 heavy (non-hydrogen) atoms. The molecule has 3 rings (SSSR count). The molecule has 3 aromatic rings. The summed E-state index contributed by atoms with van der Waals surface area (Å²) in [5, 5.41) is 10.7. The normalized spacial score (nSPS) is 10.7. The van der Waals surface area contributed by atoms with E-state index in [1.165, 1.54) is 12.1 Å². The van der Waals surface area contributed by atoms with E-state index in [1.54, 1.807) is 37.4 Å². The van der Waals surface area contributed by atoms with Crippen molar-refractivity contribution in [3.8, 4) is 11.1 Å². The van der Waals surface area contributed by atoms with Crippen molar-refractivity contribution in [2.45, 2.75) is 6.92 Å². The summed E-state index contributed by atoms with van der Waals surface area (Å²) in [5.41, 5.74) is 3.19. The molecule has 6 heteroatoms. The molecule has 0 spiro atoms. The number of nitro groups is 1. The van der Waals surface area contributed by atoms with E-state index >= 15 is 0 Å². The van der Waals surface area contributed by atoms with Crippen molar-refractivity contribution < 1.29 is 14.5 Å². The summed E-state index contributed by atoms with van der Waals surface area (Å²) in [5.74, 6) is -0.354. The van der Waals surface area contributed by atoms with E-state index in [0.717, 1.165) is 16.6 Å². The third kappa shape index (κ3) is 2.91. The van der Waals surface area contributed by atoms with Gasteiger partial charge in [-0.05, 0) is 42.8 Å². The predicted molar refractivity (Wildman–Crippen MR) is 85.4 cm³/mol. The lowest BCUT2D eigenvalue weighted by Gasteiger charge is -2.02. The molecule has 0 unspecified atom stereocenters. The van der Waals surface area contributed by atoms with Crippen LogP contribution in [0.25, 0.3) is 16.6 Å². The smallest absolute Gasteiger partial charge is 0.338 e. The molecule has 0 N–H and O–H groups in total. The fourth-order valence-electron chi connectivity index (χ4n) is 2.38. The zero-order valence-electron chi connectivity index (χ0n) is 12.4. The molecule has 0 aliphatic carbocycles. The number of carbonyl (C=O) groups is 1. The van der Waals surface area contributed by atoms with Gasteiger partial charge in [-0.3, -0.25) is 10.1 Å². The van der Waals surface area contributed by atoms with Crippen LogP contribution in [0.5, 0.6) is 0 Å². The maximum atomic E-state index is 11.8. The predicted octanol–water partition coefficient (Wildman–Crippen LogP) is 3.69. The number of hydrogen-bond acceptors (Lipinski definition) is 4. The SMILES string of the molecule is CCOC(=O)c1ccn2cc(-c3ccc([N+](=O)[O-])cc3)cc2c1. The Labute approximate surface area is 132 Å². The maximum absolute atomic E-state index is 11.8. The summed E-state index contributed by atoms with van der Waals surface area (Å²) in [4.78, 5) is 22.0. The van der Waals surface area contributed by atoms with Gasteiger partial charge in [0, 0.05) is 35.6 Å². The Morgan fingerprint density at radius 3 is 2.57 bits per heavy atom. The Morgan fingerprint density at radius 1 is 1.17 bits per heavy atom. The van der Waals surface area contributed by atoms with Crippen LogP contribution in [0.1, 0.15) is 17.3 Å². The highest BCUT2D eigenvalue weighted by molar-refractivity contribution is 5.91. The van der Waals surface area contributed by atoms with Crippen LogP contribution in [-0.4, -0.2) is 21.9 Å². The number of fused-ring (bicyclic) bond motifs is 1. The van der Waals surface area contributed by atoms with Crippen molar-refractivity contribution >= 4 is 17.2 Å². The number of nitrogens with zero attached hydrogens (tertiary/aromatic N) is 2. The third-order valence-electron chi connectivity index (χ3n) is 3.52. The summed E-state index contributed by atoms with van der Waals surface area (Å²) in [7, 11) is 0. The van der Waals surface area contributed by atoms with Gasteiger partial charge in [-0.15, -0.1) is 0 Å². The molecular formula is C17H14N2O4. The van der Waals surface area contributed by atoms with E-state index < -0.39 is 4.92 Å². The minimum atomic E-state index is -0.425. The van der Waals surface area contributed by atoms with E-state index in [-0.39, 0.29) is 11.7 Å². The highest BCUT2D eigenvalue weighted by Crippen LogP contribution is 2.25. The van der Waals surface area contributed by atoms with Crippen LogP contribution in [0.3, 0.4) is 0 Å². The zero-order chi connectivity index (χ0) is 16.4. The Kier molecular flexibility index (Phi) is 3.80. The average Bonchev–Trinajstić information content (AvgIpc) is 2.98. The maximum Gasteiger partial charge on any atom is 0.338 e. The molecule has 0 bridgehead atoms. The number of pyridine rings is 1. The Bertz CT molecular complexity index is 881. The molecule has 6 nitrogen and oxygen atoms in total. The molecule has 0 radical (unpaired) electrons. The second-order valence-electron chi connectivity index (χ2n) is 5.00. The van der Waals surface area contributed by atoms with Gasteiger partial charge in [0.2, 0.25) is 0 Å². The molecule has 1 aromatic carbocycles. The minimum absolute atomic E-state index is 0.0575. The van der Waals surface area contributed by atoms with Crippen molar-refractivity contribution in [2.24, 2.45) is 0 Å². The summed E-state index contributed by atoms with van der Waals surface area (Å²) < 4.78 is 6.88. The van der Waals surface area contributed by atoms with Gasteiger partial charge in [-0.2, -0.15) is 0 Å². The van der Waals surface area contributed by atoms with Crippen LogP contribution in [-0.2, 0) is 4.74 Å². The van der Waals surface area contributed by atoms with Gasteiger partial charge in [0.1, 0.15) is 0 Å². The lowest BCUT2D eigenvalue weighted by molar-refractivity contribution is -0.384. The number of non-ortho nitro benzene ring substituents is 1. The first-order chi connectivity index (χ1) is 11.1. The van der Waals surface area contributed by atoms with Crippen LogP contribution in [0.15, 0.2) is 54.9 Å². The molecule has 0 fully saturated rings. The third-order valence-corrected chi connectivity index (χ3v) is 3.52. The number of carbonyl (C=O) groups excluding carboxylic acids is 1. The first kappa shape index (κ1) is 14.8. The summed E-state index contributed by atoms with van der Waals surface area (Å²) in [6.07, 6.45) is 3.70. The molecule has 0 saturated carbocycles. The Hall–Kier alpha value is -3.15. The number of aromatic nitrogens is 1. The monoisotopic (exact) mass is 310 g/mol. The summed E-state index contributed by atoms with van der Waals surface area (Å²) in [6, 6.07) is 11.7. The van der Waals surface area contributed by atoms with Crippen LogP contribution in [0, 0.1) is 10.1 Å². The second kappa shape index (κ2) is 5.92. The number of benzene rings is 1. The van der Waals surface area contributed by atoms with Gasteiger partial charge in [-0.1, -0.05) is 0 Å². The molecule has 0 amide bonds. The molecule has 116 valence electrons. The van der Waals surface area contributed by atoms with Crippen LogP contribution in [0.2, 0.25) is 0 Å². The number of rotatable bonds is 4. The van der Waals surface area contributed by atoms with E-state index in [1.807, 2.05) is 16.7 Å². The molecule has 0 aliphatic heterocycles. The van der Waals surface area contributed by atoms with Crippen molar-refractivity contribution in [1.82, 2.24) is 4.40 Å². The zero-order valence-corrected chi connectivity index (χ0v) is 12.4. The van der Waals surface area contributed by atoms with Gasteiger partial charge in [0.25, 0.3) is 5.69 Å². The van der Waals surface area contributed by atoms with E-state index in [4.69, 9.17) is 4.74 Å². The molecular weight excluding hydrogens is 296 g/mol. The molecule has 2 heterocycles. The van der Waals surface area contributed by atoms with Gasteiger partial charge >= 0.3 is 5.97 Å². The van der Waals surface area contributed by atoms with E-state index in [9.17, 15) is 14.9 Å². The van der Waals surface area contributed by atoms with Crippen molar-refractivity contribution in [1.29, 1.82) is 0 Å². The summed E-state index contributed by atoms with van der Waals surface area (Å²) in [6.45, 7) is 2.10. The van der Waals surface area contributed by atoms with Crippen molar-refractivity contribution in [3.63, 3.8) is 0 Å². The fourth-order valence-corrected chi connectivity index (χ4v) is 2.38. The highest BCUT2D eigenvalue weighted by Gasteiger charge is 2.10. The summed E-state index contributed by atoms with van der Waals surface area (Å²) >= 11 is 0. The molecule has 0 saturated heterocycles. The lowest BCUT2D eigenvalue weighted by atomic mass is 10.1. The lowest BCUT2D eigenvalue weighted by Crippen LogP contribution is -2.04. The van der Waals surface area contributed by atoms with Gasteiger partial charge in [0.15, 0.2) is 0 Å². The van der Waals surface area contributed by atoms with Crippen LogP contribution < -0.4 is 0 Å². The van der Waals surface area contributed by atoms with Gasteiger partial charge in [0.05, 0.1) is 17.1 Å². The fraction of sp³-hybridized carbons (Fsp3) is 0.118. The molecule has 0 atom stereocenters. The largest absolute Gasteiger partial charge is 0.462 e. The van der Waals surface area contributed by atoms with E-state index in [0.29, 0.717) is 12.2 Å². The number of esters is 1. The topological polar surface area (TPSA) is 73.8 Å². The number of nitro benzene ring substituents is 1. The van der Waals surface area contributed by atoms with Gasteiger partial charge < -0.3 is 9.14 Å². The first-order valence-electron chi connectivity index (χ1n) is 7.12. The average molecular weight is 310 g/mol. The molecule has 0 aliphatic rings. The Balaban J connectivity index is 1.96. The van der Waals surface area contributed by atoms with Crippen molar-refractivity contribution in [2.75, 3.05) is 6.61 Å². The number of hydrogen-bond donors (Lipinski definition) is 0. The van der Waals surface area contributed by atoms with Crippen LogP contribution >= 0.6 is 0 Å². The standard InChI is InChI=1S/C17H14N2O4/c1-2-23-17(20)13-7-8-18-11-14(10-16(18)9-13)12-3-5-15(6-4-12)19(21)22/h3-11H,2H2,1H3. The Morgan fingerprint density at radius 2 is 1.91 bits per heavy atom. The van der Waals surface area contributed by atoms with Crippen molar-refractivity contribution in [3.05, 3.63) is 70.5 Å².